The number of aryl methyl sites for hydroxylation is 1. The fraction of sp³-hybridized carbons (Fsp3) is 0.355. The van der Waals surface area contributed by atoms with Gasteiger partial charge in [-0.3, -0.25) is 4.90 Å². The highest BCUT2D eigenvalue weighted by atomic mass is 35.5. The van der Waals surface area contributed by atoms with Gasteiger partial charge in [-0.2, -0.15) is 0 Å². The minimum atomic E-state index is -3.57. The lowest BCUT2D eigenvalue weighted by Crippen LogP contribution is -2.38. The van der Waals surface area contributed by atoms with Crippen molar-refractivity contribution in [2.45, 2.75) is 54.9 Å². The minimum absolute atomic E-state index is 0.0142. The summed E-state index contributed by atoms with van der Waals surface area (Å²) in [5, 5.41) is 3.61. The number of piperidine rings is 2. The van der Waals surface area contributed by atoms with E-state index < -0.39 is 9.84 Å². The molecule has 0 saturated carbocycles. The number of hydrogen-bond donors (Lipinski definition) is 1. The maximum atomic E-state index is 12.9. The second kappa shape index (κ2) is 12.1. The number of sulfone groups is 1. The van der Waals surface area contributed by atoms with E-state index in [1.165, 1.54) is 23.3 Å². The van der Waals surface area contributed by atoms with Crippen LogP contribution >= 0.6 is 11.6 Å². The molecule has 2 heterocycles. The Bertz CT molecular complexity index is 1390. The largest absolute Gasteiger partial charge is 0.325 e. The maximum absolute atomic E-state index is 12.9. The van der Waals surface area contributed by atoms with Crippen LogP contribution in [0.3, 0.4) is 0 Å². The summed E-state index contributed by atoms with van der Waals surface area (Å²) in [4.78, 5) is 17.5. The maximum Gasteiger partial charge on any atom is 0.321 e. The van der Waals surface area contributed by atoms with Crippen molar-refractivity contribution in [3.05, 3.63) is 94.9 Å². The SMILES string of the molecule is Cc1ccc(NC(=O)N2CC[CH]CC2)cc1C1CCN(Cc2ccc(S(=O)(=O)c3ccc(Cl)cc3)cc2)CC1. The van der Waals surface area contributed by atoms with Gasteiger partial charge in [-0.05, 0) is 123 Å². The average Bonchev–Trinajstić information content (AvgIpc) is 2.95. The molecule has 2 amide bonds. The van der Waals surface area contributed by atoms with Gasteiger partial charge in [-0.1, -0.05) is 29.8 Å². The molecule has 205 valence electrons. The van der Waals surface area contributed by atoms with Crippen molar-refractivity contribution in [2.75, 3.05) is 31.5 Å². The van der Waals surface area contributed by atoms with E-state index in [0.717, 1.165) is 69.7 Å². The number of nitrogens with zero attached hydrogens (tertiary/aromatic N) is 2. The topological polar surface area (TPSA) is 69.7 Å². The predicted octanol–water partition coefficient (Wildman–Crippen LogP) is 6.69. The van der Waals surface area contributed by atoms with Crippen molar-refractivity contribution >= 4 is 33.2 Å². The number of rotatable bonds is 6. The predicted molar refractivity (Wildman–Crippen MR) is 156 cm³/mol. The van der Waals surface area contributed by atoms with Crippen molar-refractivity contribution in [2.24, 2.45) is 0 Å². The number of nitrogens with one attached hydrogen (secondary N) is 1. The van der Waals surface area contributed by atoms with Crippen molar-refractivity contribution in [1.29, 1.82) is 0 Å². The van der Waals surface area contributed by atoms with Crippen LogP contribution in [0.25, 0.3) is 0 Å². The number of hydrogen-bond acceptors (Lipinski definition) is 4. The molecular formula is C31H35ClN3O3S. The van der Waals surface area contributed by atoms with E-state index in [0.29, 0.717) is 10.9 Å². The Labute approximate surface area is 236 Å². The van der Waals surface area contributed by atoms with E-state index in [1.807, 2.05) is 23.1 Å². The molecule has 3 aromatic rings. The summed E-state index contributed by atoms with van der Waals surface area (Å²) >= 11 is 5.91. The summed E-state index contributed by atoms with van der Waals surface area (Å²) in [7, 11) is -3.57. The molecule has 8 heteroatoms. The van der Waals surface area contributed by atoms with Gasteiger partial charge in [0.25, 0.3) is 0 Å². The van der Waals surface area contributed by atoms with E-state index in [4.69, 9.17) is 11.6 Å². The Morgan fingerprint density at radius 2 is 1.51 bits per heavy atom. The molecule has 3 aromatic carbocycles. The van der Waals surface area contributed by atoms with Gasteiger partial charge in [0.1, 0.15) is 0 Å². The summed E-state index contributed by atoms with van der Waals surface area (Å²) in [6.07, 6.45) is 6.24. The lowest BCUT2D eigenvalue weighted by Gasteiger charge is -2.33. The Morgan fingerprint density at radius 3 is 2.15 bits per heavy atom. The minimum Gasteiger partial charge on any atom is -0.325 e. The zero-order valence-corrected chi connectivity index (χ0v) is 23.8. The lowest BCUT2D eigenvalue weighted by molar-refractivity contribution is 0.204. The first kappa shape index (κ1) is 27.7. The van der Waals surface area contributed by atoms with E-state index in [1.54, 1.807) is 24.3 Å². The van der Waals surface area contributed by atoms with E-state index >= 15 is 0 Å². The zero-order chi connectivity index (χ0) is 27.4. The summed E-state index contributed by atoms with van der Waals surface area (Å²) < 4.78 is 25.9. The van der Waals surface area contributed by atoms with Crippen molar-refractivity contribution in [1.82, 2.24) is 9.80 Å². The van der Waals surface area contributed by atoms with Gasteiger partial charge >= 0.3 is 6.03 Å². The molecule has 1 N–H and O–H groups in total. The standard InChI is InChI=1S/C31H35ClN3O3S/c1-23-5-10-27(33-31(36)35-17-3-2-4-18-35)21-30(23)25-15-19-34(20-16-25)22-24-6-11-28(12-7-24)39(37,38)29-13-8-26(32)9-14-29/h2,5-14,21,25H,3-4,15-20,22H2,1H3,(H,33,36). The Balaban J connectivity index is 1.17. The number of likely N-dealkylation sites (tertiary alicyclic amines) is 2. The van der Waals surface area contributed by atoms with Crippen LogP contribution in [0.15, 0.2) is 76.5 Å². The summed E-state index contributed by atoms with van der Waals surface area (Å²) in [5.74, 6) is 0.453. The lowest BCUT2D eigenvalue weighted by atomic mass is 9.86. The summed E-state index contributed by atoms with van der Waals surface area (Å²) in [6.45, 7) is 6.43. The molecule has 2 aliphatic heterocycles. The van der Waals surface area contributed by atoms with Crippen molar-refractivity contribution in [3.8, 4) is 0 Å². The van der Waals surface area contributed by atoms with Gasteiger partial charge < -0.3 is 10.2 Å². The molecule has 2 saturated heterocycles. The zero-order valence-electron chi connectivity index (χ0n) is 22.3. The molecule has 0 bridgehead atoms. The van der Waals surface area contributed by atoms with Crippen LogP contribution in [0.2, 0.25) is 5.02 Å². The highest BCUT2D eigenvalue weighted by Gasteiger charge is 2.24. The van der Waals surface area contributed by atoms with Gasteiger partial charge in [-0.15, -0.1) is 0 Å². The average molecular weight is 565 g/mol. The van der Waals surface area contributed by atoms with Gasteiger partial charge in [0.15, 0.2) is 0 Å². The molecule has 2 aliphatic rings. The Kier molecular flexibility index (Phi) is 8.60. The number of amides is 2. The number of carbonyl (C=O) groups is 1. The molecule has 5 rings (SSSR count). The molecule has 2 fully saturated rings. The second-order valence-electron chi connectivity index (χ2n) is 10.5. The molecule has 6 nitrogen and oxygen atoms in total. The number of halogens is 1. The van der Waals surface area contributed by atoms with E-state index in [-0.39, 0.29) is 15.8 Å². The van der Waals surface area contributed by atoms with E-state index in [2.05, 4.69) is 35.7 Å². The molecule has 1 radical (unpaired) electrons. The van der Waals surface area contributed by atoms with Crippen molar-refractivity contribution < 1.29 is 13.2 Å². The first-order valence-corrected chi connectivity index (χ1v) is 15.5. The van der Waals surface area contributed by atoms with Crippen LogP contribution in [0.4, 0.5) is 10.5 Å². The normalized spacial score (nSPS) is 17.2. The smallest absolute Gasteiger partial charge is 0.321 e. The number of carbonyl (C=O) groups excluding carboxylic acids is 1. The van der Waals surface area contributed by atoms with Crippen LogP contribution in [0.1, 0.15) is 48.3 Å². The van der Waals surface area contributed by atoms with Crippen LogP contribution in [0, 0.1) is 13.3 Å². The third kappa shape index (κ3) is 6.65. The fourth-order valence-corrected chi connectivity index (χ4v) is 6.89. The molecule has 0 aliphatic carbocycles. The molecule has 0 aromatic heterocycles. The number of anilines is 1. The van der Waals surface area contributed by atoms with Crippen molar-refractivity contribution in [3.63, 3.8) is 0 Å². The first-order valence-electron chi connectivity index (χ1n) is 13.6. The molecule has 0 unspecified atom stereocenters. The van der Waals surface area contributed by atoms with Gasteiger partial charge in [-0.25, -0.2) is 13.2 Å². The van der Waals surface area contributed by atoms with Gasteiger partial charge in [0.05, 0.1) is 9.79 Å². The quantitative estimate of drug-likeness (QED) is 0.362. The molecule has 0 atom stereocenters. The Morgan fingerprint density at radius 1 is 0.897 bits per heavy atom. The van der Waals surface area contributed by atoms with E-state index in [9.17, 15) is 13.2 Å². The Hall–Kier alpha value is -2.87. The third-order valence-corrected chi connectivity index (χ3v) is 9.85. The van der Waals surface area contributed by atoms with Crippen LogP contribution in [0.5, 0.6) is 0 Å². The molecule has 39 heavy (non-hydrogen) atoms. The van der Waals surface area contributed by atoms with Crippen LogP contribution in [-0.2, 0) is 16.4 Å². The van der Waals surface area contributed by atoms with Crippen LogP contribution in [-0.4, -0.2) is 50.4 Å². The van der Waals surface area contributed by atoms with Crippen LogP contribution < -0.4 is 5.32 Å². The second-order valence-corrected chi connectivity index (χ2v) is 12.9. The summed E-state index contributed by atoms with van der Waals surface area (Å²) in [5.41, 5.74) is 4.54. The van der Waals surface area contributed by atoms with Gasteiger partial charge in [0.2, 0.25) is 9.84 Å². The molecule has 0 spiro atoms. The number of urea groups is 1. The number of benzene rings is 3. The fourth-order valence-electron chi connectivity index (χ4n) is 5.50. The highest BCUT2D eigenvalue weighted by Crippen LogP contribution is 2.33. The monoisotopic (exact) mass is 564 g/mol. The van der Waals surface area contributed by atoms with Gasteiger partial charge in [0, 0.05) is 30.3 Å². The first-order chi connectivity index (χ1) is 18.8. The third-order valence-electron chi connectivity index (χ3n) is 7.82. The summed E-state index contributed by atoms with van der Waals surface area (Å²) in [6, 6.07) is 19.7. The molecular weight excluding hydrogens is 530 g/mol. The highest BCUT2D eigenvalue weighted by molar-refractivity contribution is 7.91.